The Bertz CT molecular complexity index is 485. The summed E-state index contributed by atoms with van der Waals surface area (Å²) in [4.78, 5) is 0. The minimum Gasteiger partial charge on any atom is -0.493 e. The fourth-order valence-electron chi connectivity index (χ4n) is 1.45. The first kappa shape index (κ1) is 15.1. The van der Waals surface area contributed by atoms with Crippen LogP contribution in [0.1, 0.15) is 18.4 Å². The topological polar surface area (TPSA) is 52.6 Å². The number of benzene rings is 1. The summed E-state index contributed by atoms with van der Waals surface area (Å²) in [7, 11) is 3.29. The lowest BCUT2D eigenvalue weighted by Gasteiger charge is -2.10. The Labute approximate surface area is 112 Å². The zero-order valence-electron chi connectivity index (χ0n) is 10.5. The van der Waals surface area contributed by atoms with Crippen molar-refractivity contribution < 1.29 is 17.9 Å². The Morgan fingerprint density at radius 2 is 1.94 bits per heavy atom. The van der Waals surface area contributed by atoms with Crippen LogP contribution >= 0.6 is 10.7 Å². The quantitative estimate of drug-likeness (QED) is 0.573. The molecule has 0 heterocycles. The van der Waals surface area contributed by atoms with Gasteiger partial charge in [-0.15, -0.1) is 0 Å². The average Bonchev–Trinajstić information content (AvgIpc) is 2.28. The van der Waals surface area contributed by atoms with Crippen LogP contribution in [0.4, 0.5) is 0 Å². The molecule has 0 aliphatic carbocycles. The van der Waals surface area contributed by atoms with Gasteiger partial charge in [0.1, 0.15) is 0 Å². The Morgan fingerprint density at radius 3 is 2.56 bits per heavy atom. The van der Waals surface area contributed by atoms with Gasteiger partial charge < -0.3 is 9.47 Å². The molecule has 0 spiro atoms. The Kier molecular flexibility index (Phi) is 5.75. The molecule has 1 aromatic rings. The van der Waals surface area contributed by atoms with E-state index >= 15 is 0 Å². The van der Waals surface area contributed by atoms with Crippen molar-refractivity contribution in [3.8, 4) is 11.5 Å². The molecular weight excluding hydrogens is 276 g/mol. The fraction of sp³-hybridized carbons (Fsp3) is 0.500. The monoisotopic (exact) mass is 292 g/mol. The van der Waals surface area contributed by atoms with Crippen molar-refractivity contribution in [3.63, 3.8) is 0 Å². The molecule has 0 aliphatic heterocycles. The van der Waals surface area contributed by atoms with Gasteiger partial charge in [0.25, 0.3) is 0 Å². The van der Waals surface area contributed by atoms with Crippen LogP contribution < -0.4 is 9.47 Å². The fourth-order valence-corrected chi connectivity index (χ4v) is 2.33. The molecule has 0 bridgehead atoms. The van der Waals surface area contributed by atoms with Gasteiger partial charge in [0.2, 0.25) is 9.05 Å². The van der Waals surface area contributed by atoms with E-state index in [1.165, 1.54) is 0 Å². The van der Waals surface area contributed by atoms with Crippen LogP contribution in [-0.4, -0.2) is 27.9 Å². The van der Waals surface area contributed by atoms with E-state index in [1.807, 2.05) is 25.1 Å². The number of ether oxygens (including phenoxy) is 2. The van der Waals surface area contributed by atoms with Gasteiger partial charge in [0.15, 0.2) is 11.5 Å². The number of hydrogen-bond donors (Lipinski definition) is 0. The molecule has 0 aromatic heterocycles. The lowest BCUT2D eigenvalue weighted by atomic mass is 10.2. The van der Waals surface area contributed by atoms with Gasteiger partial charge in [0, 0.05) is 10.7 Å². The molecule has 0 atom stereocenters. The molecule has 1 rings (SSSR count). The highest BCUT2D eigenvalue weighted by molar-refractivity contribution is 8.13. The predicted octanol–water partition coefficient (Wildman–Crippen LogP) is 2.73. The van der Waals surface area contributed by atoms with E-state index in [0.29, 0.717) is 30.9 Å². The Hall–Kier alpha value is -0.940. The van der Waals surface area contributed by atoms with Crippen molar-refractivity contribution in [1.82, 2.24) is 0 Å². The van der Waals surface area contributed by atoms with Crippen molar-refractivity contribution in [3.05, 3.63) is 23.8 Å². The molecule has 0 fully saturated rings. The van der Waals surface area contributed by atoms with Gasteiger partial charge in [-0.05, 0) is 37.5 Å². The second-order valence-corrected chi connectivity index (χ2v) is 6.85. The van der Waals surface area contributed by atoms with Crippen LogP contribution in [0.3, 0.4) is 0 Å². The normalized spacial score (nSPS) is 11.3. The summed E-state index contributed by atoms with van der Waals surface area (Å²) in [5.41, 5.74) is 1.09. The minimum atomic E-state index is -3.40. The molecule has 6 heteroatoms. The molecule has 0 unspecified atom stereocenters. The molecule has 0 aliphatic rings. The maximum absolute atomic E-state index is 10.7. The maximum atomic E-state index is 10.7. The van der Waals surface area contributed by atoms with Crippen LogP contribution in [0.25, 0.3) is 0 Å². The Balaban J connectivity index is 2.40. The molecule has 0 saturated heterocycles. The molecular formula is C12H17ClO4S. The molecule has 0 N–H and O–H groups in total. The van der Waals surface area contributed by atoms with E-state index in [-0.39, 0.29) is 5.75 Å². The van der Waals surface area contributed by atoms with Gasteiger partial charge in [-0.3, -0.25) is 0 Å². The van der Waals surface area contributed by atoms with E-state index in [4.69, 9.17) is 20.2 Å². The summed E-state index contributed by atoms with van der Waals surface area (Å²) in [5.74, 6) is 1.32. The summed E-state index contributed by atoms with van der Waals surface area (Å²) < 4.78 is 32.1. The molecule has 0 saturated carbocycles. The van der Waals surface area contributed by atoms with Crippen LogP contribution in [0.5, 0.6) is 11.5 Å². The van der Waals surface area contributed by atoms with Gasteiger partial charge >= 0.3 is 0 Å². The summed E-state index contributed by atoms with van der Waals surface area (Å²) in [5, 5.41) is 0. The molecule has 102 valence electrons. The first-order chi connectivity index (χ1) is 8.42. The van der Waals surface area contributed by atoms with E-state index < -0.39 is 9.05 Å². The van der Waals surface area contributed by atoms with Gasteiger partial charge in [-0.1, -0.05) is 6.07 Å². The van der Waals surface area contributed by atoms with E-state index in [1.54, 1.807) is 7.11 Å². The second-order valence-electron chi connectivity index (χ2n) is 3.95. The highest BCUT2D eigenvalue weighted by Gasteiger charge is 2.06. The number of methoxy groups -OCH3 is 1. The van der Waals surface area contributed by atoms with Crippen molar-refractivity contribution >= 4 is 19.7 Å². The highest BCUT2D eigenvalue weighted by Crippen LogP contribution is 2.27. The predicted molar refractivity (Wildman–Crippen MR) is 72.1 cm³/mol. The number of rotatable bonds is 7. The van der Waals surface area contributed by atoms with Crippen LogP contribution in [0.2, 0.25) is 0 Å². The standard InChI is InChI=1S/C12H17ClO4S/c1-10-5-6-11(12(9-10)16-2)17-7-3-4-8-18(13,14)15/h5-6,9H,3-4,7-8H2,1-2H3. The summed E-state index contributed by atoms with van der Waals surface area (Å²) in [6.45, 7) is 2.41. The summed E-state index contributed by atoms with van der Waals surface area (Å²) >= 11 is 0. The number of hydrogen-bond acceptors (Lipinski definition) is 4. The van der Waals surface area contributed by atoms with E-state index in [0.717, 1.165) is 5.56 Å². The smallest absolute Gasteiger partial charge is 0.232 e. The highest BCUT2D eigenvalue weighted by atomic mass is 35.7. The summed E-state index contributed by atoms with van der Waals surface area (Å²) in [6, 6.07) is 5.66. The largest absolute Gasteiger partial charge is 0.493 e. The molecule has 0 radical (unpaired) electrons. The van der Waals surface area contributed by atoms with Crippen molar-refractivity contribution in [2.75, 3.05) is 19.5 Å². The number of halogens is 1. The van der Waals surface area contributed by atoms with Crippen LogP contribution in [0, 0.1) is 6.92 Å². The minimum absolute atomic E-state index is 0.0249. The summed E-state index contributed by atoms with van der Waals surface area (Å²) in [6.07, 6.45) is 1.11. The van der Waals surface area contributed by atoms with Crippen molar-refractivity contribution in [2.24, 2.45) is 0 Å². The second kappa shape index (κ2) is 6.85. The van der Waals surface area contributed by atoms with Crippen LogP contribution in [-0.2, 0) is 9.05 Å². The first-order valence-corrected chi connectivity index (χ1v) is 8.10. The lowest BCUT2D eigenvalue weighted by molar-refractivity contribution is 0.288. The average molecular weight is 293 g/mol. The van der Waals surface area contributed by atoms with Gasteiger partial charge in [-0.2, -0.15) is 0 Å². The first-order valence-electron chi connectivity index (χ1n) is 5.62. The third kappa shape index (κ3) is 5.60. The third-order valence-corrected chi connectivity index (χ3v) is 3.60. The number of unbranched alkanes of at least 4 members (excludes halogenated alkanes) is 1. The third-order valence-electron chi connectivity index (χ3n) is 2.36. The maximum Gasteiger partial charge on any atom is 0.232 e. The SMILES string of the molecule is COc1cc(C)ccc1OCCCCS(=O)(=O)Cl. The Morgan fingerprint density at radius 1 is 1.22 bits per heavy atom. The number of aryl methyl sites for hydroxylation is 1. The van der Waals surface area contributed by atoms with Crippen LogP contribution in [0.15, 0.2) is 18.2 Å². The van der Waals surface area contributed by atoms with Crippen molar-refractivity contribution in [1.29, 1.82) is 0 Å². The molecule has 4 nitrogen and oxygen atoms in total. The zero-order chi connectivity index (χ0) is 13.6. The van der Waals surface area contributed by atoms with E-state index in [9.17, 15) is 8.42 Å². The lowest BCUT2D eigenvalue weighted by Crippen LogP contribution is -2.03. The molecule has 1 aromatic carbocycles. The van der Waals surface area contributed by atoms with Gasteiger partial charge in [-0.25, -0.2) is 8.42 Å². The van der Waals surface area contributed by atoms with E-state index in [2.05, 4.69) is 0 Å². The molecule has 0 amide bonds. The van der Waals surface area contributed by atoms with Crippen molar-refractivity contribution in [2.45, 2.75) is 19.8 Å². The van der Waals surface area contributed by atoms with Gasteiger partial charge in [0.05, 0.1) is 19.5 Å². The zero-order valence-corrected chi connectivity index (χ0v) is 12.1. The molecule has 18 heavy (non-hydrogen) atoms.